The Kier molecular flexibility index (Phi) is 4.89. The minimum atomic E-state index is -0.711. The number of carbonyl (C=O) groups is 1. The van der Waals surface area contributed by atoms with Gasteiger partial charge in [0.05, 0.1) is 17.3 Å². The van der Waals surface area contributed by atoms with Gasteiger partial charge in [-0.2, -0.15) is 9.65 Å². The summed E-state index contributed by atoms with van der Waals surface area (Å²) >= 11 is 0. The monoisotopic (exact) mass is 342 g/mol. The third kappa shape index (κ3) is 3.91. The summed E-state index contributed by atoms with van der Waals surface area (Å²) in [6.45, 7) is 1.11. The Morgan fingerprint density at radius 2 is 2.16 bits per heavy atom. The number of amides is 1. The summed E-state index contributed by atoms with van der Waals surface area (Å²) < 4.78 is 27.3. The predicted molar refractivity (Wildman–Crippen MR) is 88.0 cm³/mol. The van der Waals surface area contributed by atoms with Gasteiger partial charge in [0.25, 0.3) is 5.91 Å². The van der Waals surface area contributed by atoms with E-state index >= 15 is 0 Å². The van der Waals surface area contributed by atoms with Gasteiger partial charge in [0.2, 0.25) is 5.95 Å². The molecule has 1 saturated heterocycles. The molecule has 3 rings (SSSR count). The maximum absolute atomic E-state index is 14.2. The third-order valence-corrected chi connectivity index (χ3v) is 4.16. The third-order valence-electron chi connectivity index (χ3n) is 4.16. The van der Waals surface area contributed by atoms with E-state index in [9.17, 15) is 13.6 Å². The Bertz CT molecular complexity index is 834. The van der Waals surface area contributed by atoms with Crippen LogP contribution >= 0.6 is 0 Å². The lowest BCUT2D eigenvalue weighted by Gasteiger charge is -2.35. The standard InChI is InChI=1S/C18H16F2N4O/c19-15-8-12(10-21)3-4-16(15)24-7-1-2-14(11-24)23-18(25)13-5-6-22-17(20)9-13/h3-6,8-9,14H,1-2,7,11H2,(H,23,25)/t14-/m0/s1. The molecule has 1 aliphatic heterocycles. The molecule has 1 aromatic carbocycles. The minimum Gasteiger partial charge on any atom is -0.367 e. The molecule has 1 aliphatic rings. The molecule has 0 spiro atoms. The Morgan fingerprint density at radius 3 is 2.88 bits per heavy atom. The van der Waals surface area contributed by atoms with Crippen molar-refractivity contribution in [3.8, 4) is 6.07 Å². The van der Waals surface area contributed by atoms with Crippen LogP contribution < -0.4 is 10.2 Å². The summed E-state index contributed by atoms with van der Waals surface area (Å²) in [7, 11) is 0. The molecule has 0 saturated carbocycles. The van der Waals surface area contributed by atoms with Crippen LogP contribution in [0.15, 0.2) is 36.5 Å². The molecule has 5 nitrogen and oxygen atoms in total. The SMILES string of the molecule is N#Cc1ccc(N2CCC[C@H](NC(=O)c3ccnc(F)c3)C2)c(F)c1. The maximum atomic E-state index is 14.2. The van der Waals surface area contributed by atoms with E-state index in [1.54, 1.807) is 12.1 Å². The summed E-state index contributed by atoms with van der Waals surface area (Å²) in [5.74, 6) is -1.55. The Labute approximate surface area is 143 Å². The zero-order valence-electron chi connectivity index (χ0n) is 13.4. The van der Waals surface area contributed by atoms with Gasteiger partial charge in [-0.25, -0.2) is 9.37 Å². The number of nitriles is 1. The number of hydrogen-bond acceptors (Lipinski definition) is 4. The van der Waals surface area contributed by atoms with E-state index < -0.39 is 11.8 Å². The summed E-state index contributed by atoms with van der Waals surface area (Å²) in [4.78, 5) is 17.5. The Morgan fingerprint density at radius 1 is 1.32 bits per heavy atom. The van der Waals surface area contributed by atoms with Gasteiger partial charge in [0, 0.05) is 37.0 Å². The van der Waals surface area contributed by atoms with Gasteiger partial charge in [0.1, 0.15) is 5.82 Å². The van der Waals surface area contributed by atoms with Gasteiger partial charge in [-0.05, 0) is 37.1 Å². The number of halogens is 2. The first-order valence-electron chi connectivity index (χ1n) is 7.94. The van der Waals surface area contributed by atoms with E-state index in [4.69, 9.17) is 5.26 Å². The Hall–Kier alpha value is -3.01. The zero-order chi connectivity index (χ0) is 17.8. The number of pyridine rings is 1. The number of nitrogens with one attached hydrogen (secondary N) is 1. The van der Waals surface area contributed by atoms with E-state index in [0.717, 1.165) is 18.9 Å². The number of nitrogens with zero attached hydrogens (tertiary/aromatic N) is 3. The second kappa shape index (κ2) is 7.26. The van der Waals surface area contributed by atoms with Crippen LogP contribution in [0.25, 0.3) is 0 Å². The first-order valence-corrected chi connectivity index (χ1v) is 7.94. The second-order valence-electron chi connectivity index (χ2n) is 5.90. The molecule has 0 aliphatic carbocycles. The molecule has 0 bridgehead atoms. The van der Waals surface area contributed by atoms with Crippen molar-refractivity contribution in [2.75, 3.05) is 18.0 Å². The molecular weight excluding hydrogens is 326 g/mol. The number of carbonyl (C=O) groups excluding carboxylic acids is 1. The lowest BCUT2D eigenvalue weighted by molar-refractivity contribution is 0.0932. The molecule has 1 amide bonds. The van der Waals surface area contributed by atoms with Gasteiger partial charge in [-0.3, -0.25) is 4.79 Å². The number of piperidine rings is 1. The number of rotatable bonds is 3. The number of benzene rings is 1. The van der Waals surface area contributed by atoms with E-state index in [0.29, 0.717) is 18.8 Å². The smallest absolute Gasteiger partial charge is 0.251 e. The van der Waals surface area contributed by atoms with Crippen LogP contribution in [0.5, 0.6) is 0 Å². The number of aromatic nitrogens is 1. The normalized spacial score (nSPS) is 17.0. The van der Waals surface area contributed by atoms with Crippen LogP contribution in [0, 0.1) is 23.1 Å². The first kappa shape index (κ1) is 16.8. The van der Waals surface area contributed by atoms with Gasteiger partial charge in [-0.15, -0.1) is 0 Å². The predicted octanol–water partition coefficient (Wildman–Crippen LogP) is 2.63. The Balaban J connectivity index is 1.69. The molecular formula is C18H16F2N4O. The van der Waals surface area contributed by atoms with E-state index in [1.165, 1.54) is 18.3 Å². The van der Waals surface area contributed by atoms with Gasteiger partial charge < -0.3 is 10.2 Å². The van der Waals surface area contributed by atoms with Crippen LogP contribution in [-0.2, 0) is 0 Å². The van der Waals surface area contributed by atoms with Crippen molar-refractivity contribution in [1.82, 2.24) is 10.3 Å². The molecule has 2 aromatic rings. The summed E-state index contributed by atoms with van der Waals surface area (Å²) in [5.41, 5.74) is 0.880. The molecule has 1 atom stereocenters. The zero-order valence-corrected chi connectivity index (χ0v) is 13.4. The molecule has 1 aromatic heterocycles. The van der Waals surface area contributed by atoms with Gasteiger partial charge in [0.15, 0.2) is 0 Å². The summed E-state index contributed by atoms with van der Waals surface area (Å²) in [6.07, 6.45) is 2.78. The summed E-state index contributed by atoms with van der Waals surface area (Å²) in [6, 6.07) is 8.61. The highest BCUT2D eigenvalue weighted by Gasteiger charge is 2.24. The van der Waals surface area contributed by atoms with E-state index in [-0.39, 0.29) is 23.1 Å². The number of anilines is 1. The van der Waals surface area contributed by atoms with Crippen LogP contribution in [0.4, 0.5) is 14.5 Å². The van der Waals surface area contributed by atoms with Crippen molar-refractivity contribution in [2.24, 2.45) is 0 Å². The molecule has 25 heavy (non-hydrogen) atoms. The number of hydrogen-bond donors (Lipinski definition) is 1. The minimum absolute atomic E-state index is 0.174. The van der Waals surface area contributed by atoms with E-state index in [2.05, 4.69) is 10.3 Å². The molecule has 0 unspecified atom stereocenters. The lowest BCUT2D eigenvalue weighted by atomic mass is 10.0. The van der Waals surface area contributed by atoms with Crippen molar-refractivity contribution in [3.63, 3.8) is 0 Å². The first-order chi connectivity index (χ1) is 12.1. The van der Waals surface area contributed by atoms with E-state index in [1.807, 2.05) is 11.0 Å². The highest BCUT2D eigenvalue weighted by atomic mass is 19.1. The van der Waals surface area contributed by atoms with Crippen molar-refractivity contribution in [3.05, 3.63) is 59.4 Å². The molecule has 1 fully saturated rings. The highest BCUT2D eigenvalue weighted by Crippen LogP contribution is 2.24. The van der Waals surface area contributed by atoms with Crippen LogP contribution in [0.3, 0.4) is 0 Å². The van der Waals surface area contributed by atoms with Crippen molar-refractivity contribution in [1.29, 1.82) is 5.26 Å². The van der Waals surface area contributed by atoms with Crippen LogP contribution in [0.2, 0.25) is 0 Å². The largest absolute Gasteiger partial charge is 0.367 e. The maximum Gasteiger partial charge on any atom is 0.251 e. The van der Waals surface area contributed by atoms with Gasteiger partial charge >= 0.3 is 0 Å². The second-order valence-corrected chi connectivity index (χ2v) is 5.90. The highest BCUT2D eigenvalue weighted by molar-refractivity contribution is 5.94. The molecule has 1 N–H and O–H groups in total. The molecule has 7 heteroatoms. The summed E-state index contributed by atoms with van der Waals surface area (Å²) in [5, 5.41) is 11.7. The van der Waals surface area contributed by atoms with Gasteiger partial charge in [-0.1, -0.05) is 0 Å². The average Bonchev–Trinajstić information content (AvgIpc) is 2.61. The lowest BCUT2D eigenvalue weighted by Crippen LogP contribution is -2.48. The molecule has 2 heterocycles. The van der Waals surface area contributed by atoms with Crippen molar-refractivity contribution in [2.45, 2.75) is 18.9 Å². The van der Waals surface area contributed by atoms with Crippen LogP contribution in [-0.4, -0.2) is 30.0 Å². The topological polar surface area (TPSA) is 69.0 Å². The van der Waals surface area contributed by atoms with Crippen molar-refractivity contribution >= 4 is 11.6 Å². The average molecular weight is 342 g/mol. The molecule has 128 valence electrons. The van der Waals surface area contributed by atoms with Crippen molar-refractivity contribution < 1.29 is 13.6 Å². The fourth-order valence-corrected chi connectivity index (χ4v) is 2.96. The van der Waals surface area contributed by atoms with Crippen LogP contribution in [0.1, 0.15) is 28.8 Å². The quantitative estimate of drug-likeness (QED) is 0.871. The molecule has 0 radical (unpaired) electrons. The fourth-order valence-electron chi connectivity index (χ4n) is 2.96. The fraction of sp³-hybridized carbons (Fsp3) is 0.278.